The van der Waals surface area contributed by atoms with Crippen LogP contribution in [0.25, 0.3) is 0 Å². The Kier molecular flexibility index (Phi) is 5.55. The van der Waals surface area contributed by atoms with Crippen LogP contribution in [0, 0.1) is 0 Å². The molecular formula is C13H18F3NOS. The fourth-order valence-corrected chi connectivity index (χ4v) is 2.50. The van der Waals surface area contributed by atoms with Crippen molar-refractivity contribution in [2.24, 2.45) is 0 Å². The van der Waals surface area contributed by atoms with E-state index in [1.54, 1.807) is 24.9 Å². The quantitative estimate of drug-likeness (QED) is 0.900. The van der Waals surface area contributed by atoms with Gasteiger partial charge < -0.3 is 10.0 Å². The van der Waals surface area contributed by atoms with Crippen LogP contribution in [-0.4, -0.2) is 30.2 Å². The summed E-state index contributed by atoms with van der Waals surface area (Å²) in [5.41, 5.74) is -0.357. The van der Waals surface area contributed by atoms with Crippen LogP contribution in [0.15, 0.2) is 18.2 Å². The monoisotopic (exact) mass is 293 g/mol. The number of aliphatic hydroxyl groups is 1. The first-order valence-corrected chi connectivity index (χ1v) is 7.23. The number of hydrogen-bond acceptors (Lipinski definition) is 3. The Labute approximate surface area is 115 Å². The zero-order chi connectivity index (χ0) is 14.6. The number of nitrogens with zero attached hydrogens (tertiary/aromatic N) is 1. The van der Waals surface area contributed by atoms with Crippen molar-refractivity contribution in [3.63, 3.8) is 0 Å². The van der Waals surface area contributed by atoms with Crippen molar-refractivity contribution < 1.29 is 18.3 Å². The summed E-state index contributed by atoms with van der Waals surface area (Å²) in [5.74, 6) is 0.833. The second-order valence-corrected chi connectivity index (χ2v) is 5.32. The smallest absolute Gasteiger partial charge is 0.392 e. The Balaban J connectivity index is 3.11. The molecule has 0 aliphatic rings. The Hall–Kier alpha value is -0.880. The SMILES string of the molecule is CSCC(C)N(C)c1ccc(CO)c(C(F)(F)F)c1. The van der Waals surface area contributed by atoms with E-state index < -0.39 is 18.3 Å². The molecule has 0 aliphatic heterocycles. The van der Waals surface area contributed by atoms with Gasteiger partial charge in [0, 0.05) is 24.5 Å². The Morgan fingerprint density at radius 2 is 2.00 bits per heavy atom. The molecule has 0 saturated carbocycles. The second-order valence-electron chi connectivity index (χ2n) is 4.41. The van der Waals surface area contributed by atoms with E-state index in [2.05, 4.69) is 0 Å². The number of alkyl halides is 3. The molecule has 0 radical (unpaired) electrons. The highest BCUT2D eigenvalue weighted by molar-refractivity contribution is 7.98. The molecule has 2 nitrogen and oxygen atoms in total. The molecule has 0 fully saturated rings. The molecule has 0 aliphatic carbocycles. The maximum atomic E-state index is 12.9. The van der Waals surface area contributed by atoms with Crippen LogP contribution in [0.3, 0.4) is 0 Å². The number of thioether (sulfide) groups is 1. The molecule has 1 rings (SSSR count). The summed E-state index contributed by atoms with van der Waals surface area (Å²) in [6.07, 6.45) is -2.49. The van der Waals surface area contributed by atoms with Gasteiger partial charge in [0.15, 0.2) is 0 Å². The summed E-state index contributed by atoms with van der Waals surface area (Å²) in [6, 6.07) is 4.18. The van der Waals surface area contributed by atoms with E-state index in [4.69, 9.17) is 5.11 Å². The highest BCUT2D eigenvalue weighted by atomic mass is 32.2. The lowest BCUT2D eigenvalue weighted by Gasteiger charge is -2.27. The fraction of sp³-hybridized carbons (Fsp3) is 0.538. The van der Waals surface area contributed by atoms with Crippen LogP contribution in [0.1, 0.15) is 18.1 Å². The van der Waals surface area contributed by atoms with E-state index in [9.17, 15) is 13.2 Å². The minimum atomic E-state index is -4.45. The molecule has 108 valence electrons. The maximum absolute atomic E-state index is 12.9. The minimum Gasteiger partial charge on any atom is -0.392 e. The second kappa shape index (κ2) is 6.52. The van der Waals surface area contributed by atoms with Gasteiger partial charge in [0.2, 0.25) is 0 Å². The number of rotatable bonds is 5. The van der Waals surface area contributed by atoms with Crippen molar-refractivity contribution >= 4 is 17.4 Å². The van der Waals surface area contributed by atoms with Crippen LogP contribution in [0.5, 0.6) is 0 Å². The van der Waals surface area contributed by atoms with E-state index >= 15 is 0 Å². The normalized spacial score (nSPS) is 13.4. The van der Waals surface area contributed by atoms with Gasteiger partial charge in [-0.1, -0.05) is 6.07 Å². The zero-order valence-corrected chi connectivity index (χ0v) is 12.0. The van der Waals surface area contributed by atoms with Crippen molar-refractivity contribution in [2.45, 2.75) is 25.7 Å². The Bertz CT molecular complexity index is 423. The maximum Gasteiger partial charge on any atom is 0.416 e. The molecule has 0 saturated heterocycles. The van der Waals surface area contributed by atoms with Crippen LogP contribution in [0.2, 0.25) is 0 Å². The van der Waals surface area contributed by atoms with E-state index in [0.29, 0.717) is 5.69 Å². The average Bonchev–Trinajstić information content (AvgIpc) is 2.36. The molecule has 0 aromatic heterocycles. The van der Waals surface area contributed by atoms with Crippen molar-refractivity contribution in [3.8, 4) is 0 Å². The average molecular weight is 293 g/mol. The van der Waals surface area contributed by atoms with Gasteiger partial charge in [0.1, 0.15) is 0 Å². The van der Waals surface area contributed by atoms with Crippen LogP contribution >= 0.6 is 11.8 Å². The first kappa shape index (κ1) is 16.2. The number of aliphatic hydroxyl groups excluding tert-OH is 1. The summed E-state index contributed by atoms with van der Waals surface area (Å²) in [5, 5.41) is 8.99. The fourth-order valence-electron chi connectivity index (χ4n) is 1.79. The third kappa shape index (κ3) is 4.04. The van der Waals surface area contributed by atoms with Crippen molar-refractivity contribution in [1.29, 1.82) is 0 Å². The topological polar surface area (TPSA) is 23.5 Å². The van der Waals surface area contributed by atoms with Crippen LogP contribution in [-0.2, 0) is 12.8 Å². The van der Waals surface area contributed by atoms with E-state index in [0.717, 1.165) is 11.8 Å². The summed E-state index contributed by atoms with van der Waals surface area (Å²) in [7, 11) is 1.77. The molecule has 6 heteroatoms. The standard InChI is InChI=1S/C13H18F3NOS/c1-9(8-19-3)17(2)11-5-4-10(7-18)12(6-11)13(14,15)16/h4-6,9,18H,7-8H2,1-3H3. The highest BCUT2D eigenvalue weighted by Gasteiger charge is 2.33. The lowest BCUT2D eigenvalue weighted by atomic mass is 10.1. The van der Waals surface area contributed by atoms with E-state index in [1.165, 1.54) is 6.07 Å². The molecule has 1 N–H and O–H groups in total. The molecule has 1 unspecified atom stereocenters. The molecular weight excluding hydrogens is 275 g/mol. The van der Waals surface area contributed by atoms with Gasteiger partial charge >= 0.3 is 6.18 Å². The third-order valence-electron chi connectivity index (χ3n) is 3.05. The van der Waals surface area contributed by atoms with Crippen LogP contribution in [0.4, 0.5) is 18.9 Å². The number of anilines is 1. The van der Waals surface area contributed by atoms with E-state index in [1.807, 2.05) is 18.1 Å². The highest BCUT2D eigenvalue weighted by Crippen LogP contribution is 2.34. The van der Waals surface area contributed by atoms with Gasteiger partial charge in [-0.05, 0) is 30.9 Å². The summed E-state index contributed by atoms with van der Waals surface area (Å²) in [6.45, 7) is 1.35. The Morgan fingerprint density at radius 1 is 1.37 bits per heavy atom. The molecule has 0 spiro atoms. The minimum absolute atomic E-state index is 0.0952. The Morgan fingerprint density at radius 3 is 2.47 bits per heavy atom. The number of halogens is 3. The molecule has 19 heavy (non-hydrogen) atoms. The first-order chi connectivity index (χ1) is 8.81. The van der Waals surface area contributed by atoms with Crippen LogP contribution < -0.4 is 4.90 Å². The van der Waals surface area contributed by atoms with Crippen molar-refractivity contribution in [1.82, 2.24) is 0 Å². The van der Waals surface area contributed by atoms with Gasteiger partial charge in [-0.25, -0.2) is 0 Å². The van der Waals surface area contributed by atoms with Crippen molar-refractivity contribution in [2.75, 3.05) is 24.0 Å². The van der Waals surface area contributed by atoms with Gasteiger partial charge in [-0.3, -0.25) is 0 Å². The molecule has 0 bridgehead atoms. The largest absolute Gasteiger partial charge is 0.416 e. The van der Waals surface area contributed by atoms with Gasteiger partial charge in [0.25, 0.3) is 0 Å². The predicted molar refractivity (Wildman–Crippen MR) is 73.6 cm³/mol. The molecule has 1 aromatic rings. The lowest BCUT2D eigenvalue weighted by molar-refractivity contribution is -0.138. The van der Waals surface area contributed by atoms with Gasteiger partial charge in [0.05, 0.1) is 12.2 Å². The molecule has 1 atom stereocenters. The summed E-state index contributed by atoms with van der Waals surface area (Å²) < 4.78 is 38.7. The number of benzene rings is 1. The molecule has 1 aromatic carbocycles. The number of hydrogen-bond donors (Lipinski definition) is 1. The van der Waals surface area contributed by atoms with E-state index in [-0.39, 0.29) is 11.6 Å². The molecule has 0 heterocycles. The predicted octanol–water partition coefficient (Wildman–Crippen LogP) is 3.39. The van der Waals surface area contributed by atoms with Gasteiger partial charge in [-0.2, -0.15) is 24.9 Å². The third-order valence-corrected chi connectivity index (χ3v) is 3.86. The van der Waals surface area contributed by atoms with Crippen molar-refractivity contribution in [3.05, 3.63) is 29.3 Å². The van der Waals surface area contributed by atoms with Gasteiger partial charge in [-0.15, -0.1) is 0 Å². The summed E-state index contributed by atoms with van der Waals surface area (Å²) >= 11 is 1.65. The zero-order valence-electron chi connectivity index (χ0n) is 11.2. The lowest BCUT2D eigenvalue weighted by Crippen LogP contribution is -2.31. The summed E-state index contributed by atoms with van der Waals surface area (Å²) in [4.78, 5) is 1.81. The first-order valence-electron chi connectivity index (χ1n) is 5.84. The molecule has 0 amide bonds.